The van der Waals surface area contributed by atoms with Gasteiger partial charge in [0, 0.05) is 5.56 Å². The van der Waals surface area contributed by atoms with Crippen molar-refractivity contribution in [1.82, 2.24) is 0 Å². The van der Waals surface area contributed by atoms with Crippen LogP contribution in [0.2, 0.25) is 0 Å². The van der Waals surface area contributed by atoms with Crippen LogP contribution in [0.1, 0.15) is 29.7 Å². The molecule has 0 aliphatic rings. The van der Waals surface area contributed by atoms with Gasteiger partial charge in [-0.1, -0.05) is 23.8 Å². The second-order valence-electron chi connectivity index (χ2n) is 4.63. The standard InChI is InChI=1S/C16H17F2NO/c1-3-20-15-7-4-10(2)8-12(15)16(19)11-5-6-13(17)14(18)9-11/h4-9,16H,3,19H2,1-2H3. The second kappa shape index (κ2) is 6.01. The van der Waals surface area contributed by atoms with Gasteiger partial charge in [0.2, 0.25) is 0 Å². The Balaban J connectivity index is 2.43. The fourth-order valence-electron chi connectivity index (χ4n) is 2.08. The Bertz CT molecular complexity index is 613. The van der Waals surface area contributed by atoms with E-state index in [9.17, 15) is 8.78 Å². The van der Waals surface area contributed by atoms with Crippen LogP contribution < -0.4 is 10.5 Å². The zero-order valence-corrected chi connectivity index (χ0v) is 11.5. The number of aryl methyl sites for hydroxylation is 1. The van der Waals surface area contributed by atoms with Crippen molar-refractivity contribution in [3.8, 4) is 5.75 Å². The minimum atomic E-state index is -0.899. The minimum absolute atomic E-state index is 0.510. The molecule has 4 heteroatoms. The first-order valence-electron chi connectivity index (χ1n) is 6.46. The predicted octanol–water partition coefficient (Wildman–Crippen LogP) is 3.72. The number of halogens is 2. The lowest BCUT2D eigenvalue weighted by Crippen LogP contribution is -2.14. The molecule has 0 aromatic heterocycles. The molecule has 20 heavy (non-hydrogen) atoms. The molecule has 0 spiro atoms. The highest BCUT2D eigenvalue weighted by molar-refractivity contribution is 5.43. The second-order valence-corrected chi connectivity index (χ2v) is 4.63. The SMILES string of the molecule is CCOc1ccc(C)cc1C(N)c1ccc(F)c(F)c1. The van der Waals surface area contributed by atoms with Crippen LogP contribution in [0.25, 0.3) is 0 Å². The fourth-order valence-corrected chi connectivity index (χ4v) is 2.08. The molecule has 0 amide bonds. The maximum Gasteiger partial charge on any atom is 0.159 e. The van der Waals surface area contributed by atoms with Gasteiger partial charge in [0.1, 0.15) is 5.75 Å². The van der Waals surface area contributed by atoms with Crippen LogP contribution in [0.3, 0.4) is 0 Å². The molecule has 2 nitrogen and oxygen atoms in total. The number of benzene rings is 2. The summed E-state index contributed by atoms with van der Waals surface area (Å²) in [6.45, 7) is 4.34. The zero-order chi connectivity index (χ0) is 14.7. The van der Waals surface area contributed by atoms with Crippen molar-refractivity contribution >= 4 is 0 Å². The first-order valence-corrected chi connectivity index (χ1v) is 6.46. The van der Waals surface area contributed by atoms with E-state index in [1.54, 1.807) is 0 Å². The summed E-state index contributed by atoms with van der Waals surface area (Å²) < 4.78 is 31.9. The first kappa shape index (κ1) is 14.5. The van der Waals surface area contributed by atoms with E-state index in [0.717, 1.165) is 23.3 Å². The molecule has 2 N–H and O–H groups in total. The Kier molecular flexibility index (Phi) is 4.35. The van der Waals surface area contributed by atoms with Gasteiger partial charge in [-0.3, -0.25) is 0 Å². The topological polar surface area (TPSA) is 35.2 Å². The summed E-state index contributed by atoms with van der Waals surface area (Å²) in [5.74, 6) is -1.12. The molecule has 2 aromatic rings. The Hall–Kier alpha value is -1.94. The van der Waals surface area contributed by atoms with Gasteiger partial charge >= 0.3 is 0 Å². The Morgan fingerprint density at radius 1 is 1.10 bits per heavy atom. The Morgan fingerprint density at radius 2 is 1.85 bits per heavy atom. The van der Waals surface area contributed by atoms with Gasteiger partial charge in [-0.05, 0) is 37.6 Å². The predicted molar refractivity (Wildman–Crippen MR) is 74.7 cm³/mol. The maximum atomic E-state index is 13.3. The summed E-state index contributed by atoms with van der Waals surface area (Å²) >= 11 is 0. The average Bonchev–Trinajstić information content (AvgIpc) is 2.43. The van der Waals surface area contributed by atoms with Crippen molar-refractivity contribution in [1.29, 1.82) is 0 Å². The average molecular weight is 277 g/mol. The lowest BCUT2D eigenvalue weighted by molar-refractivity contribution is 0.335. The van der Waals surface area contributed by atoms with Crippen molar-refractivity contribution < 1.29 is 13.5 Å². The summed E-state index contributed by atoms with van der Waals surface area (Å²) in [5, 5.41) is 0. The molecule has 0 aliphatic heterocycles. The smallest absolute Gasteiger partial charge is 0.159 e. The minimum Gasteiger partial charge on any atom is -0.494 e. The molecule has 0 fully saturated rings. The van der Waals surface area contributed by atoms with Crippen LogP contribution >= 0.6 is 0 Å². The van der Waals surface area contributed by atoms with E-state index in [-0.39, 0.29) is 0 Å². The van der Waals surface area contributed by atoms with E-state index in [0.29, 0.717) is 17.9 Å². The normalized spacial score (nSPS) is 12.2. The van der Waals surface area contributed by atoms with Gasteiger partial charge in [0.25, 0.3) is 0 Å². The van der Waals surface area contributed by atoms with Crippen LogP contribution in [0.5, 0.6) is 5.75 Å². The Morgan fingerprint density at radius 3 is 2.50 bits per heavy atom. The quantitative estimate of drug-likeness (QED) is 0.924. The molecule has 0 saturated heterocycles. The summed E-state index contributed by atoms with van der Waals surface area (Å²) in [6.07, 6.45) is 0. The molecule has 0 bridgehead atoms. The largest absolute Gasteiger partial charge is 0.494 e. The van der Waals surface area contributed by atoms with Crippen LogP contribution in [-0.2, 0) is 0 Å². The lowest BCUT2D eigenvalue weighted by atomic mass is 9.97. The first-order chi connectivity index (χ1) is 9.52. The van der Waals surface area contributed by atoms with Crippen LogP contribution in [-0.4, -0.2) is 6.61 Å². The summed E-state index contributed by atoms with van der Waals surface area (Å²) in [7, 11) is 0. The van der Waals surface area contributed by atoms with Gasteiger partial charge in [-0.25, -0.2) is 8.78 Å². The molecule has 0 heterocycles. The third-order valence-corrected chi connectivity index (χ3v) is 3.10. The molecule has 2 rings (SSSR count). The van der Waals surface area contributed by atoms with Crippen molar-refractivity contribution in [2.75, 3.05) is 6.61 Å². The van der Waals surface area contributed by atoms with Gasteiger partial charge in [-0.15, -0.1) is 0 Å². The van der Waals surface area contributed by atoms with Crippen molar-refractivity contribution in [2.45, 2.75) is 19.9 Å². The highest BCUT2D eigenvalue weighted by Gasteiger charge is 2.16. The van der Waals surface area contributed by atoms with Crippen molar-refractivity contribution in [3.63, 3.8) is 0 Å². The zero-order valence-electron chi connectivity index (χ0n) is 11.5. The molecular formula is C16H17F2NO. The van der Waals surface area contributed by atoms with E-state index in [1.807, 2.05) is 32.0 Å². The highest BCUT2D eigenvalue weighted by atomic mass is 19.2. The number of hydrogen-bond acceptors (Lipinski definition) is 2. The van der Waals surface area contributed by atoms with E-state index in [1.165, 1.54) is 6.07 Å². The maximum absolute atomic E-state index is 13.3. The third-order valence-electron chi connectivity index (χ3n) is 3.10. The molecule has 2 aromatic carbocycles. The van der Waals surface area contributed by atoms with Crippen molar-refractivity contribution in [2.24, 2.45) is 5.73 Å². The van der Waals surface area contributed by atoms with Crippen molar-refractivity contribution in [3.05, 3.63) is 64.7 Å². The lowest BCUT2D eigenvalue weighted by Gasteiger charge is -2.18. The van der Waals surface area contributed by atoms with E-state index in [2.05, 4.69) is 0 Å². The molecule has 0 saturated carbocycles. The number of ether oxygens (including phenoxy) is 1. The highest BCUT2D eigenvalue weighted by Crippen LogP contribution is 2.30. The van der Waals surface area contributed by atoms with Gasteiger partial charge in [-0.2, -0.15) is 0 Å². The fraction of sp³-hybridized carbons (Fsp3) is 0.250. The third kappa shape index (κ3) is 2.96. The molecular weight excluding hydrogens is 260 g/mol. The van der Waals surface area contributed by atoms with E-state index >= 15 is 0 Å². The Labute approximate surface area is 117 Å². The summed E-state index contributed by atoms with van der Waals surface area (Å²) in [5.41, 5.74) is 8.47. The summed E-state index contributed by atoms with van der Waals surface area (Å²) in [4.78, 5) is 0. The van der Waals surface area contributed by atoms with Crippen LogP contribution in [0.15, 0.2) is 36.4 Å². The van der Waals surface area contributed by atoms with E-state index < -0.39 is 17.7 Å². The van der Waals surface area contributed by atoms with Crippen LogP contribution in [0, 0.1) is 18.6 Å². The van der Waals surface area contributed by atoms with Gasteiger partial charge in [0.15, 0.2) is 11.6 Å². The monoisotopic (exact) mass is 277 g/mol. The molecule has 1 atom stereocenters. The number of hydrogen-bond donors (Lipinski definition) is 1. The molecule has 0 aliphatic carbocycles. The molecule has 1 unspecified atom stereocenters. The number of nitrogens with two attached hydrogens (primary N) is 1. The van der Waals surface area contributed by atoms with E-state index in [4.69, 9.17) is 10.5 Å². The number of rotatable bonds is 4. The molecule has 106 valence electrons. The molecule has 0 radical (unpaired) electrons. The van der Waals surface area contributed by atoms with Gasteiger partial charge in [0.05, 0.1) is 12.6 Å². The van der Waals surface area contributed by atoms with Gasteiger partial charge < -0.3 is 10.5 Å². The van der Waals surface area contributed by atoms with Crippen LogP contribution in [0.4, 0.5) is 8.78 Å². The summed E-state index contributed by atoms with van der Waals surface area (Å²) in [6, 6.07) is 8.79.